The van der Waals surface area contributed by atoms with E-state index in [1.165, 1.54) is 4.31 Å². The van der Waals surface area contributed by atoms with E-state index in [1.807, 2.05) is 0 Å². The molecule has 3 N–H and O–H groups in total. The van der Waals surface area contributed by atoms with Crippen LogP contribution in [0.2, 0.25) is 0 Å². The first-order valence-electron chi connectivity index (χ1n) is 6.51. The molecule has 0 aromatic heterocycles. The molecule has 5 nitrogen and oxygen atoms in total. The average Bonchev–Trinajstić information content (AvgIpc) is 3.21. The average molecular weight is 284 g/mol. The lowest BCUT2D eigenvalue weighted by molar-refractivity contribution is 0.250. The molecular weight excluding hydrogens is 264 g/mol. The van der Waals surface area contributed by atoms with Gasteiger partial charge in [-0.25, -0.2) is 8.42 Å². The van der Waals surface area contributed by atoms with Gasteiger partial charge >= 0.3 is 0 Å². The lowest BCUT2D eigenvalue weighted by atomic mass is 10.2. The van der Waals surface area contributed by atoms with E-state index in [0.29, 0.717) is 6.54 Å². The topological polar surface area (TPSA) is 83.6 Å². The highest BCUT2D eigenvalue weighted by molar-refractivity contribution is 7.89. The van der Waals surface area contributed by atoms with Gasteiger partial charge in [-0.3, -0.25) is 0 Å². The SMILES string of the molecule is NCCc1ccc(S(=O)(=O)N(CCO)C2CC2)cc1. The van der Waals surface area contributed by atoms with Crippen LogP contribution in [0.5, 0.6) is 0 Å². The molecule has 0 unspecified atom stereocenters. The van der Waals surface area contributed by atoms with Crippen molar-refractivity contribution in [3.8, 4) is 0 Å². The smallest absolute Gasteiger partial charge is 0.243 e. The van der Waals surface area contributed by atoms with Crippen molar-refractivity contribution in [1.82, 2.24) is 4.31 Å². The van der Waals surface area contributed by atoms with Crippen molar-refractivity contribution < 1.29 is 13.5 Å². The summed E-state index contributed by atoms with van der Waals surface area (Å²) in [5, 5.41) is 9.02. The molecule has 6 heteroatoms. The van der Waals surface area contributed by atoms with Crippen LogP contribution >= 0.6 is 0 Å². The van der Waals surface area contributed by atoms with E-state index >= 15 is 0 Å². The summed E-state index contributed by atoms with van der Waals surface area (Å²) in [5.74, 6) is 0. The Morgan fingerprint density at radius 2 is 1.89 bits per heavy atom. The number of benzene rings is 1. The molecule has 19 heavy (non-hydrogen) atoms. The Balaban J connectivity index is 2.22. The number of rotatable bonds is 7. The van der Waals surface area contributed by atoms with Gasteiger partial charge in [-0.05, 0) is 43.5 Å². The van der Waals surface area contributed by atoms with E-state index in [-0.39, 0.29) is 24.1 Å². The molecule has 0 atom stereocenters. The standard InChI is InChI=1S/C13H20N2O3S/c14-8-7-11-1-5-13(6-2-11)19(17,18)15(9-10-16)12-3-4-12/h1-2,5-6,12,16H,3-4,7-10,14H2. The maximum absolute atomic E-state index is 12.5. The first-order chi connectivity index (χ1) is 9.09. The van der Waals surface area contributed by atoms with Gasteiger partial charge in [0.25, 0.3) is 0 Å². The van der Waals surface area contributed by atoms with E-state index in [9.17, 15) is 8.42 Å². The van der Waals surface area contributed by atoms with Crippen molar-refractivity contribution in [2.45, 2.75) is 30.2 Å². The van der Waals surface area contributed by atoms with Gasteiger partial charge in [0.2, 0.25) is 10.0 Å². The highest BCUT2D eigenvalue weighted by atomic mass is 32.2. The normalized spacial score (nSPS) is 15.9. The zero-order valence-corrected chi connectivity index (χ0v) is 11.6. The Morgan fingerprint density at radius 3 is 2.37 bits per heavy atom. The number of aliphatic hydroxyl groups is 1. The molecule has 1 aromatic carbocycles. The maximum atomic E-state index is 12.5. The number of hydrogen-bond donors (Lipinski definition) is 2. The largest absolute Gasteiger partial charge is 0.395 e. The van der Waals surface area contributed by atoms with E-state index in [0.717, 1.165) is 24.8 Å². The van der Waals surface area contributed by atoms with Crippen LogP contribution in [0.15, 0.2) is 29.2 Å². The summed E-state index contributed by atoms with van der Waals surface area (Å²) in [4.78, 5) is 0.286. The number of nitrogens with two attached hydrogens (primary N) is 1. The van der Waals surface area contributed by atoms with Crippen LogP contribution in [-0.2, 0) is 16.4 Å². The third-order valence-electron chi connectivity index (χ3n) is 3.24. The predicted molar refractivity (Wildman–Crippen MR) is 73.2 cm³/mol. The quantitative estimate of drug-likeness (QED) is 0.756. The van der Waals surface area contributed by atoms with Crippen molar-refractivity contribution in [2.75, 3.05) is 19.7 Å². The third-order valence-corrected chi connectivity index (χ3v) is 5.20. The van der Waals surface area contributed by atoms with Crippen molar-refractivity contribution in [1.29, 1.82) is 0 Å². The number of hydrogen-bond acceptors (Lipinski definition) is 4. The van der Waals surface area contributed by atoms with Crippen LogP contribution < -0.4 is 5.73 Å². The number of nitrogens with zero attached hydrogens (tertiary/aromatic N) is 1. The molecule has 0 spiro atoms. The summed E-state index contributed by atoms with van der Waals surface area (Å²) in [6.45, 7) is 0.559. The van der Waals surface area contributed by atoms with Gasteiger partial charge in [-0.15, -0.1) is 0 Å². The highest BCUT2D eigenvalue weighted by Crippen LogP contribution is 2.31. The van der Waals surface area contributed by atoms with Crippen molar-refractivity contribution in [3.63, 3.8) is 0 Å². The van der Waals surface area contributed by atoms with E-state index in [1.54, 1.807) is 24.3 Å². The fourth-order valence-electron chi connectivity index (χ4n) is 2.09. The van der Waals surface area contributed by atoms with Gasteiger partial charge < -0.3 is 10.8 Å². The fourth-order valence-corrected chi connectivity index (χ4v) is 3.77. The molecule has 0 radical (unpaired) electrons. The van der Waals surface area contributed by atoms with E-state index in [2.05, 4.69) is 0 Å². The molecular formula is C13H20N2O3S. The Kier molecular flexibility index (Phi) is 4.57. The molecule has 1 aliphatic carbocycles. The van der Waals surface area contributed by atoms with Gasteiger partial charge in [0, 0.05) is 12.6 Å². The Morgan fingerprint density at radius 1 is 1.26 bits per heavy atom. The van der Waals surface area contributed by atoms with Gasteiger partial charge in [-0.2, -0.15) is 4.31 Å². The Labute approximate surface area is 114 Å². The molecule has 0 saturated heterocycles. The summed E-state index contributed by atoms with van der Waals surface area (Å²) in [6, 6.07) is 6.88. The van der Waals surface area contributed by atoms with Crippen LogP contribution in [-0.4, -0.2) is 43.6 Å². The second-order valence-electron chi connectivity index (χ2n) is 4.75. The van der Waals surface area contributed by atoms with Gasteiger partial charge in [0.1, 0.15) is 0 Å². The van der Waals surface area contributed by atoms with Crippen LogP contribution in [0.25, 0.3) is 0 Å². The minimum atomic E-state index is -3.49. The minimum Gasteiger partial charge on any atom is -0.395 e. The second-order valence-corrected chi connectivity index (χ2v) is 6.64. The van der Waals surface area contributed by atoms with E-state index in [4.69, 9.17) is 10.8 Å². The van der Waals surface area contributed by atoms with Gasteiger partial charge in [-0.1, -0.05) is 12.1 Å². The maximum Gasteiger partial charge on any atom is 0.243 e. The van der Waals surface area contributed by atoms with E-state index < -0.39 is 10.0 Å². The minimum absolute atomic E-state index is 0.0564. The molecule has 1 aromatic rings. The fraction of sp³-hybridized carbons (Fsp3) is 0.538. The first-order valence-corrected chi connectivity index (χ1v) is 7.95. The van der Waals surface area contributed by atoms with Gasteiger partial charge in [0.15, 0.2) is 0 Å². The van der Waals surface area contributed by atoms with Crippen molar-refractivity contribution in [3.05, 3.63) is 29.8 Å². The summed E-state index contributed by atoms with van der Waals surface area (Å²) in [6.07, 6.45) is 2.50. The summed E-state index contributed by atoms with van der Waals surface area (Å²) in [5.41, 5.74) is 6.50. The van der Waals surface area contributed by atoms with Crippen LogP contribution in [0, 0.1) is 0 Å². The molecule has 106 valence electrons. The number of sulfonamides is 1. The third kappa shape index (κ3) is 3.33. The lowest BCUT2D eigenvalue weighted by Gasteiger charge is -2.20. The lowest BCUT2D eigenvalue weighted by Crippen LogP contribution is -2.35. The molecule has 0 bridgehead atoms. The number of aliphatic hydroxyl groups excluding tert-OH is 1. The second kappa shape index (κ2) is 6.00. The predicted octanol–water partition coefficient (Wildman–Crippen LogP) is 0.333. The molecule has 1 aliphatic rings. The van der Waals surface area contributed by atoms with Gasteiger partial charge in [0.05, 0.1) is 11.5 Å². The molecule has 1 fully saturated rings. The van der Waals surface area contributed by atoms with Crippen LogP contribution in [0.1, 0.15) is 18.4 Å². The molecule has 0 amide bonds. The van der Waals surface area contributed by atoms with Crippen molar-refractivity contribution >= 4 is 10.0 Å². The molecule has 0 aliphatic heterocycles. The van der Waals surface area contributed by atoms with Crippen LogP contribution in [0.4, 0.5) is 0 Å². The van der Waals surface area contributed by atoms with Crippen molar-refractivity contribution in [2.24, 2.45) is 5.73 Å². The summed E-state index contributed by atoms with van der Waals surface area (Å²) in [7, 11) is -3.49. The summed E-state index contributed by atoms with van der Waals surface area (Å²) < 4.78 is 26.3. The Hall–Kier alpha value is -0.950. The monoisotopic (exact) mass is 284 g/mol. The van der Waals surface area contributed by atoms with Crippen LogP contribution in [0.3, 0.4) is 0 Å². The highest BCUT2D eigenvalue weighted by Gasteiger charge is 2.37. The zero-order chi connectivity index (χ0) is 13.9. The zero-order valence-electron chi connectivity index (χ0n) is 10.8. The first kappa shape index (κ1) is 14.5. The summed E-state index contributed by atoms with van der Waals surface area (Å²) >= 11 is 0. The Bertz CT molecular complexity index is 509. The molecule has 1 saturated carbocycles. The molecule has 2 rings (SSSR count). The molecule has 0 heterocycles.